The van der Waals surface area contributed by atoms with Crippen LogP contribution in [0.1, 0.15) is 0 Å². The summed E-state index contributed by atoms with van der Waals surface area (Å²) in [5, 5.41) is 20.8. The lowest BCUT2D eigenvalue weighted by Gasteiger charge is -2.00. The fourth-order valence-electron chi connectivity index (χ4n) is 2.83. The Morgan fingerprint density at radius 1 is 0.727 bits per heavy atom. The van der Waals surface area contributed by atoms with Gasteiger partial charge in [-0.15, -0.1) is 0 Å². The Kier molecular flexibility index (Phi) is 3.00. The molecule has 2 N–H and O–H groups in total. The Bertz CT molecular complexity index is 958. The molecule has 1 aromatic heterocycles. The molecular weight excluding hydrogens is 275 g/mol. The summed E-state index contributed by atoms with van der Waals surface area (Å²) in [5.74, 6) is 0. The van der Waals surface area contributed by atoms with Crippen LogP contribution < -0.4 is 5.46 Å². The van der Waals surface area contributed by atoms with Gasteiger partial charge in [0.15, 0.2) is 0 Å². The fraction of sp³-hybridized carbons (Fsp3) is 0. The van der Waals surface area contributed by atoms with Crippen molar-refractivity contribution in [3.63, 3.8) is 0 Å². The molecule has 0 saturated carbocycles. The summed E-state index contributed by atoms with van der Waals surface area (Å²) < 4.78 is 5.89. The van der Waals surface area contributed by atoms with Gasteiger partial charge in [-0.05, 0) is 23.3 Å². The summed E-state index contributed by atoms with van der Waals surface area (Å²) in [5.41, 5.74) is 3.84. The minimum absolute atomic E-state index is 0.384. The monoisotopic (exact) mass is 288 g/mol. The molecule has 0 aliphatic heterocycles. The fourth-order valence-corrected chi connectivity index (χ4v) is 2.83. The van der Waals surface area contributed by atoms with Gasteiger partial charge in [0.1, 0.15) is 11.2 Å². The second-order valence-corrected chi connectivity index (χ2v) is 5.28. The molecule has 0 bridgehead atoms. The molecule has 106 valence electrons. The molecule has 4 aromatic rings. The Hall–Kier alpha value is -2.56. The standard InChI is InChI=1S/C18H13BO3/c20-19(21)16-8-4-7-15-14-10-9-13(11-17(14)22-18(15)16)12-5-2-1-3-6-12/h1-11,20-21H. The molecule has 22 heavy (non-hydrogen) atoms. The number of rotatable bonds is 2. The third-order valence-electron chi connectivity index (χ3n) is 3.91. The maximum absolute atomic E-state index is 9.48. The van der Waals surface area contributed by atoms with Gasteiger partial charge < -0.3 is 14.5 Å². The van der Waals surface area contributed by atoms with Crippen LogP contribution in [0.4, 0.5) is 0 Å². The van der Waals surface area contributed by atoms with Crippen LogP contribution in [0.5, 0.6) is 0 Å². The van der Waals surface area contributed by atoms with Gasteiger partial charge in [-0.3, -0.25) is 0 Å². The lowest BCUT2D eigenvalue weighted by atomic mass is 9.79. The quantitative estimate of drug-likeness (QED) is 0.558. The SMILES string of the molecule is OB(O)c1cccc2c1oc1cc(-c3ccccc3)ccc12. The average molecular weight is 288 g/mol. The van der Waals surface area contributed by atoms with Crippen molar-refractivity contribution in [2.24, 2.45) is 0 Å². The summed E-state index contributed by atoms with van der Waals surface area (Å²) in [6.07, 6.45) is 0. The van der Waals surface area contributed by atoms with Gasteiger partial charge in [0.05, 0.1) is 0 Å². The van der Waals surface area contributed by atoms with Gasteiger partial charge in [-0.1, -0.05) is 54.6 Å². The smallest absolute Gasteiger partial charge is 0.456 e. The first-order valence-corrected chi connectivity index (χ1v) is 7.11. The van der Waals surface area contributed by atoms with Crippen LogP contribution in [0.3, 0.4) is 0 Å². The first kappa shape index (κ1) is 13.1. The van der Waals surface area contributed by atoms with Crippen molar-refractivity contribution in [2.45, 2.75) is 0 Å². The number of hydrogen-bond acceptors (Lipinski definition) is 3. The highest BCUT2D eigenvalue weighted by atomic mass is 16.4. The first-order chi connectivity index (χ1) is 10.7. The van der Waals surface area contributed by atoms with Crippen LogP contribution in [-0.2, 0) is 0 Å². The molecular formula is C18H13BO3. The molecule has 3 aromatic carbocycles. The van der Waals surface area contributed by atoms with Crippen molar-refractivity contribution in [1.29, 1.82) is 0 Å². The molecule has 4 heteroatoms. The van der Waals surface area contributed by atoms with E-state index in [2.05, 4.69) is 6.07 Å². The molecule has 4 rings (SSSR count). The molecule has 0 spiro atoms. The first-order valence-electron chi connectivity index (χ1n) is 7.11. The van der Waals surface area contributed by atoms with Crippen LogP contribution in [0.15, 0.2) is 71.1 Å². The molecule has 0 radical (unpaired) electrons. The van der Waals surface area contributed by atoms with Gasteiger partial charge in [0, 0.05) is 16.2 Å². The van der Waals surface area contributed by atoms with Crippen LogP contribution in [0.25, 0.3) is 33.1 Å². The summed E-state index contributed by atoms with van der Waals surface area (Å²) >= 11 is 0. The van der Waals surface area contributed by atoms with E-state index in [-0.39, 0.29) is 0 Å². The van der Waals surface area contributed by atoms with Gasteiger partial charge in [0.25, 0.3) is 0 Å². The Morgan fingerprint density at radius 2 is 1.55 bits per heavy atom. The second-order valence-electron chi connectivity index (χ2n) is 5.28. The van der Waals surface area contributed by atoms with Crippen LogP contribution in [0, 0.1) is 0 Å². The van der Waals surface area contributed by atoms with Gasteiger partial charge in [-0.25, -0.2) is 0 Å². The van der Waals surface area contributed by atoms with E-state index in [4.69, 9.17) is 4.42 Å². The molecule has 1 heterocycles. The number of furan rings is 1. The largest absolute Gasteiger partial charge is 0.492 e. The van der Waals surface area contributed by atoms with E-state index in [9.17, 15) is 10.0 Å². The number of hydrogen-bond donors (Lipinski definition) is 2. The van der Waals surface area contributed by atoms with E-state index in [1.807, 2.05) is 48.5 Å². The van der Waals surface area contributed by atoms with E-state index < -0.39 is 7.12 Å². The maximum atomic E-state index is 9.48. The van der Waals surface area contributed by atoms with Crippen LogP contribution in [0.2, 0.25) is 0 Å². The van der Waals surface area contributed by atoms with Crippen molar-refractivity contribution < 1.29 is 14.5 Å². The normalized spacial score (nSPS) is 11.2. The zero-order chi connectivity index (χ0) is 15.1. The molecule has 0 unspecified atom stereocenters. The Morgan fingerprint density at radius 3 is 2.32 bits per heavy atom. The number of benzene rings is 3. The lowest BCUT2D eigenvalue weighted by Crippen LogP contribution is -2.29. The minimum Gasteiger partial charge on any atom is -0.456 e. The predicted octanol–water partition coefficient (Wildman–Crippen LogP) is 2.93. The molecule has 0 amide bonds. The molecule has 3 nitrogen and oxygen atoms in total. The summed E-state index contributed by atoms with van der Waals surface area (Å²) in [6.45, 7) is 0. The van der Waals surface area contributed by atoms with Gasteiger partial charge in [0.2, 0.25) is 0 Å². The second kappa shape index (κ2) is 5.02. The minimum atomic E-state index is -1.54. The third-order valence-corrected chi connectivity index (χ3v) is 3.91. The molecule has 0 saturated heterocycles. The summed E-state index contributed by atoms with van der Waals surface area (Å²) in [7, 11) is -1.54. The van der Waals surface area contributed by atoms with Crippen molar-refractivity contribution in [3.8, 4) is 11.1 Å². The van der Waals surface area contributed by atoms with Gasteiger partial charge >= 0.3 is 7.12 Å². The van der Waals surface area contributed by atoms with Crippen LogP contribution in [-0.4, -0.2) is 17.2 Å². The van der Waals surface area contributed by atoms with Crippen molar-refractivity contribution in [3.05, 3.63) is 66.7 Å². The molecule has 0 aliphatic rings. The highest BCUT2D eigenvalue weighted by Gasteiger charge is 2.19. The Balaban J connectivity index is 1.98. The highest BCUT2D eigenvalue weighted by Crippen LogP contribution is 2.31. The molecule has 0 fully saturated rings. The Labute approximate surface area is 127 Å². The van der Waals surface area contributed by atoms with E-state index in [0.29, 0.717) is 11.0 Å². The van der Waals surface area contributed by atoms with Gasteiger partial charge in [-0.2, -0.15) is 0 Å². The molecule has 0 atom stereocenters. The average Bonchev–Trinajstić information content (AvgIpc) is 2.93. The van der Waals surface area contributed by atoms with E-state index in [0.717, 1.165) is 27.5 Å². The highest BCUT2D eigenvalue weighted by molar-refractivity contribution is 6.61. The van der Waals surface area contributed by atoms with Crippen molar-refractivity contribution >= 4 is 34.5 Å². The molecule has 0 aliphatic carbocycles. The predicted molar refractivity (Wildman–Crippen MR) is 89.0 cm³/mol. The lowest BCUT2D eigenvalue weighted by molar-refractivity contribution is 0.425. The van der Waals surface area contributed by atoms with Crippen molar-refractivity contribution in [1.82, 2.24) is 0 Å². The zero-order valence-corrected chi connectivity index (χ0v) is 11.7. The van der Waals surface area contributed by atoms with Crippen LogP contribution >= 0.6 is 0 Å². The summed E-state index contributed by atoms with van der Waals surface area (Å²) in [4.78, 5) is 0. The van der Waals surface area contributed by atoms with E-state index in [1.165, 1.54) is 0 Å². The number of para-hydroxylation sites is 1. The number of fused-ring (bicyclic) bond motifs is 3. The van der Waals surface area contributed by atoms with Crippen molar-refractivity contribution in [2.75, 3.05) is 0 Å². The van der Waals surface area contributed by atoms with E-state index in [1.54, 1.807) is 12.1 Å². The third kappa shape index (κ3) is 2.01. The van der Waals surface area contributed by atoms with E-state index >= 15 is 0 Å². The zero-order valence-electron chi connectivity index (χ0n) is 11.7. The topological polar surface area (TPSA) is 53.6 Å². The summed E-state index contributed by atoms with van der Waals surface area (Å²) in [6, 6.07) is 21.5. The maximum Gasteiger partial charge on any atom is 0.492 e.